The second-order valence-electron chi connectivity index (χ2n) is 11.6. The van der Waals surface area contributed by atoms with E-state index in [0.29, 0.717) is 36.3 Å². The number of esters is 1. The van der Waals surface area contributed by atoms with Crippen LogP contribution in [0.5, 0.6) is 11.8 Å². The summed E-state index contributed by atoms with van der Waals surface area (Å²) in [4.78, 5) is 16.6. The van der Waals surface area contributed by atoms with Crippen molar-refractivity contribution in [1.29, 1.82) is 0 Å². The fourth-order valence-electron chi connectivity index (χ4n) is 6.52. The first-order valence-corrected chi connectivity index (χ1v) is 14.6. The summed E-state index contributed by atoms with van der Waals surface area (Å²) in [6.45, 7) is 0.883. The average molecular weight is 548 g/mol. The summed E-state index contributed by atoms with van der Waals surface area (Å²) < 4.78 is 17.2. The molecule has 5 heteroatoms. The Labute approximate surface area is 242 Å². The largest absolute Gasteiger partial charge is 0.473 e. The van der Waals surface area contributed by atoms with Crippen LogP contribution in [0.4, 0.5) is 0 Å². The van der Waals surface area contributed by atoms with Gasteiger partial charge in [0.15, 0.2) is 0 Å². The summed E-state index contributed by atoms with van der Waals surface area (Å²) >= 11 is 0. The third kappa shape index (κ3) is 6.30. The van der Waals surface area contributed by atoms with Crippen LogP contribution in [0.25, 0.3) is 11.1 Å². The number of pyridine rings is 1. The van der Waals surface area contributed by atoms with Crippen LogP contribution in [-0.2, 0) is 22.7 Å². The highest BCUT2D eigenvalue weighted by Gasteiger charge is 2.49. The maximum absolute atomic E-state index is 11.9. The molecule has 0 radical (unpaired) electrons. The monoisotopic (exact) mass is 547 g/mol. The Balaban J connectivity index is 1.15. The molecule has 3 aromatic carbocycles. The van der Waals surface area contributed by atoms with Gasteiger partial charge in [-0.15, -0.1) is 0 Å². The molecule has 210 valence electrons. The lowest BCUT2D eigenvalue weighted by molar-refractivity contribution is -0.155. The molecule has 2 fully saturated rings. The first-order chi connectivity index (χ1) is 20.1. The molecule has 6 rings (SSSR count). The van der Waals surface area contributed by atoms with Crippen molar-refractivity contribution in [2.75, 3.05) is 7.11 Å². The summed E-state index contributed by atoms with van der Waals surface area (Å²) in [5.41, 5.74) is 5.95. The minimum absolute atomic E-state index is 0.0364. The number of carbonyl (C=O) groups excluding carboxylic acids is 1. The molecule has 5 nitrogen and oxygen atoms in total. The van der Waals surface area contributed by atoms with Gasteiger partial charge in [-0.25, -0.2) is 0 Å². The smallest absolute Gasteiger partial charge is 0.308 e. The van der Waals surface area contributed by atoms with Crippen molar-refractivity contribution < 1.29 is 19.0 Å². The van der Waals surface area contributed by atoms with Crippen molar-refractivity contribution in [3.63, 3.8) is 0 Å². The van der Waals surface area contributed by atoms with Gasteiger partial charge in [0, 0.05) is 11.6 Å². The van der Waals surface area contributed by atoms with Crippen LogP contribution in [0, 0.1) is 11.3 Å². The molecule has 2 aliphatic rings. The highest BCUT2D eigenvalue weighted by atomic mass is 16.5. The minimum Gasteiger partial charge on any atom is -0.473 e. The number of rotatable bonds is 9. The van der Waals surface area contributed by atoms with E-state index in [9.17, 15) is 4.79 Å². The first kappa shape index (κ1) is 27.1. The van der Waals surface area contributed by atoms with Crippen LogP contribution in [0.15, 0.2) is 97.1 Å². The van der Waals surface area contributed by atoms with Crippen LogP contribution in [0.1, 0.15) is 61.1 Å². The van der Waals surface area contributed by atoms with E-state index in [1.807, 2.05) is 60.7 Å². The zero-order valence-corrected chi connectivity index (χ0v) is 23.6. The predicted octanol–water partition coefficient (Wildman–Crippen LogP) is 8.13. The molecule has 0 aliphatic heterocycles. The van der Waals surface area contributed by atoms with Crippen LogP contribution in [-0.4, -0.2) is 18.1 Å². The minimum atomic E-state index is -0.0364. The fraction of sp³-hybridized carbons (Fsp3) is 0.333. The highest BCUT2D eigenvalue weighted by Crippen LogP contribution is 2.57. The van der Waals surface area contributed by atoms with Gasteiger partial charge in [-0.1, -0.05) is 84.9 Å². The SMILES string of the molecule is COC(=O)C1CC2(CCC(c3ccc(-c4ccc(OCc5ccccc5)nc4OCc4ccccc4)cc3)CC2)C1. The van der Waals surface area contributed by atoms with Gasteiger partial charge >= 0.3 is 5.97 Å². The number of aromatic nitrogens is 1. The van der Waals surface area contributed by atoms with Gasteiger partial charge in [-0.05, 0) is 78.2 Å². The lowest BCUT2D eigenvalue weighted by Gasteiger charge is -2.50. The van der Waals surface area contributed by atoms with Crippen molar-refractivity contribution in [1.82, 2.24) is 4.98 Å². The third-order valence-electron chi connectivity index (χ3n) is 8.92. The Morgan fingerprint density at radius 1 is 0.780 bits per heavy atom. The van der Waals surface area contributed by atoms with Gasteiger partial charge in [-0.3, -0.25) is 4.79 Å². The standard InChI is InChI=1S/C36H37NO4/c1-39-35(38)31-22-36(23-31)20-18-29(19-21-36)28-12-14-30(15-13-28)32-16-17-33(40-24-26-8-4-2-5-9-26)37-34(32)41-25-27-10-6-3-7-11-27/h2-17,29,31H,18-25H2,1H3. The lowest BCUT2D eigenvalue weighted by atomic mass is 9.54. The first-order valence-electron chi connectivity index (χ1n) is 14.6. The van der Waals surface area contributed by atoms with Gasteiger partial charge in [0.25, 0.3) is 0 Å². The Hall–Kier alpha value is -4.12. The van der Waals surface area contributed by atoms with E-state index in [2.05, 4.69) is 36.4 Å². The van der Waals surface area contributed by atoms with E-state index in [4.69, 9.17) is 19.2 Å². The van der Waals surface area contributed by atoms with Crippen LogP contribution in [0.2, 0.25) is 0 Å². The Kier molecular flexibility index (Phi) is 8.04. The van der Waals surface area contributed by atoms with E-state index in [1.165, 1.54) is 38.4 Å². The number of carbonyl (C=O) groups is 1. The van der Waals surface area contributed by atoms with Crippen molar-refractivity contribution in [3.8, 4) is 22.9 Å². The van der Waals surface area contributed by atoms with Crippen LogP contribution in [0.3, 0.4) is 0 Å². The molecule has 2 aliphatic carbocycles. The number of hydrogen-bond acceptors (Lipinski definition) is 5. The summed E-state index contributed by atoms with van der Waals surface area (Å²) in [5.74, 6) is 1.74. The number of benzene rings is 3. The Morgan fingerprint density at radius 2 is 1.39 bits per heavy atom. The van der Waals surface area contributed by atoms with Crippen molar-refractivity contribution >= 4 is 5.97 Å². The number of hydrogen-bond donors (Lipinski definition) is 0. The molecule has 0 N–H and O–H groups in total. The molecule has 0 atom stereocenters. The van der Waals surface area contributed by atoms with Crippen molar-refractivity contribution in [2.45, 2.75) is 57.7 Å². The molecule has 41 heavy (non-hydrogen) atoms. The zero-order chi connectivity index (χ0) is 28.1. The van der Waals surface area contributed by atoms with Gasteiger partial charge < -0.3 is 14.2 Å². The number of nitrogens with zero attached hydrogens (tertiary/aromatic N) is 1. The quantitative estimate of drug-likeness (QED) is 0.198. The van der Waals surface area contributed by atoms with Gasteiger partial charge in [-0.2, -0.15) is 4.98 Å². The molecule has 0 amide bonds. The second-order valence-corrected chi connectivity index (χ2v) is 11.6. The second kappa shape index (κ2) is 12.2. The number of ether oxygens (including phenoxy) is 3. The molecule has 4 aromatic rings. The van der Waals surface area contributed by atoms with E-state index < -0.39 is 0 Å². The molecule has 0 unspecified atom stereocenters. The topological polar surface area (TPSA) is 57.7 Å². The van der Waals surface area contributed by atoms with E-state index in [1.54, 1.807) is 0 Å². The molecule has 1 aromatic heterocycles. The molecule has 0 bridgehead atoms. The number of methoxy groups -OCH3 is 1. The highest BCUT2D eigenvalue weighted by molar-refractivity contribution is 5.73. The van der Waals surface area contributed by atoms with Crippen molar-refractivity contribution in [3.05, 3.63) is 114 Å². The van der Waals surface area contributed by atoms with Crippen molar-refractivity contribution in [2.24, 2.45) is 11.3 Å². The summed E-state index contributed by atoms with van der Waals surface area (Å²) in [6, 6.07) is 33.1. The fourth-order valence-corrected chi connectivity index (χ4v) is 6.52. The average Bonchev–Trinajstić information content (AvgIpc) is 3.02. The van der Waals surface area contributed by atoms with E-state index in [0.717, 1.165) is 35.1 Å². The van der Waals surface area contributed by atoms with E-state index >= 15 is 0 Å². The molecule has 0 saturated heterocycles. The molecule has 1 heterocycles. The maximum Gasteiger partial charge on any atom is 0.308 e. The van der Waals surface area contributed by atoms with Crippen LogP contribution >= 0.6 is 0 Å². The summed E-state index contributed by atoms with van der Waals surface area (Å²) in [5, 5.41) is 0. The molecular formula is C36H37NO4. The van der Waals surface area contributed by atoms with E-state index in [-0.39, 0.29) is 11.9 Å². The van der Waals surface area contributed by atoms with Gasteiger partial charge in [0.2, 0.25) is 11.8 Å². The van der Waals surface area contributed by atoms with Crippen LogP contribution < -0.4 is 9.47 Å². The molecular weight excluding hydrogens is 510 g/mol. The van der Waals surface area contributed by atoms with Gasteiger partial charge in [0.1, 0.15) is 13.2 Å². The molecule has 2 saturated carbocycles. The summed E-state index contributed by atoms with van der Waals surface area (Å²) in [6.07, 6.45) is 6.73. The summed E-state index contributed by atoms with van der Waals surface area (Å²) in [7, 11) is 1.50. The predicted molar refractivity (Wildman–Crippen MR) is 160 cm³/mol. The Morgan fingerprint density at radius 3 is 2.00 bits per heavy atom. The molecule has 1 spiro atoms. The Bertz CT molecular complexity index is 1440. The zero-order valence-electron chi connectivity index (χ0n) is 23.6. The normalized spacial score (nSPS) is 21.6. The maximum atomic E-state index is 11.9. The van der Waals surface area contributed by atoms with Gasteiger partial charge in [0.05, 0.1) is 13.0 Å². The lowest BCUT2D eigenvalue weighted by Crippen LogP contribution is -2.43. The third-order valence-corrected chi connectivity index (χ3v) is 8.92.